The molecule has 10 heteroatoms. The van der Waals surface area contributed by atoms with Gasteiger partial charge in [-0.15, -0.1) is 24.0 Å². The first-order valence-electron chi connectivity index (χ1n) is 9.45. The molecule has 6 nitrogen and oxygen atoms in total. The van der Waals surface area contributed by atoms with Gasteiger partial charge in [0.05, 0.1) is 13.1 Å². The number of hydrogen-bond acceptors (Lipinski definition) is 3. The zero-order valence-electron chi connectivity index (χ0n) is 16.7. The summed E-state index contributed by atoms with van der Waals surface area (Å²) >= 11 is 0. The Morgan fingerprint density at radius 3 is 2.72 bits per heavy atom. The molecule has 0 aliphatic carbocycles. The van der Waals surface area contributed by atoms with Gasteiger partial charge in [-0.2, -0.15) is 13.2 Å². The lowest BCUT2D eigenvalue weighted by molar-refractivity contribution is -0.143. The number of carbonyl (C=O) groups excluding carboxylic acids is 1. The summed E-state index contributed by atoms with van der Waals surface area (Å²) in [6.45, 7) is 5.07. The number of aliphatic imine (C=N–C) groups is 1. The van der Waals surface area contributed by atoms with E-state index in [0.717, 1.165) is 5.56 Å². The number of benzene rings is 1. The van der Waals surface area contributed by atoms with Gasteiger partial charge in [0.1, 0.15) is 0 Å². The van der Waals surface area contributed by atoms with E-state index >= 15 is 0 Å². The van der Waals surface area contributed by atoms with Crippen molar-refractivity contribution in [2.75, 3.05) is 39.3 Å². The number of amides is 1. The molecule has 0 saturated carbocycles. The fraction of sp³-hybridized carbons (Fsp3) is 0.579. The molecule has 1 aromatic carbocycles. The van der Waals surface area contributed by atoms with Crippen molar-refractivity contribution >= 4 is 35.8 Å². The van der Waals surface area contributed by atoms with Crippen molar-refractivity contribution in [1.29, 1.82) is 0 Å². The second-order valence-electron chi connectivity index (χ2n) is 6.87. The Hall–Kier alpha value is -1.56. The molecule has 1 heterocycles. The number of alkyl halides is 3. The summed E-state index contributed by atoms with van der Waals surface area (Å²) in [5.41, 5.74) is 1.62. The Morgan fingerprint density at radius 2 is 2.07 bits per heavy atom. The van der Waals surface area contributed by atoms with Crippen molar-refractivity contribution in [2.45, 2.75) is 32.5 Å². The van der Waals surface area contributed by atoms with Gasteiger partial charge < -0.3 is 16.0 Å². The molecule has 3 N–H and O–H groups in total. The van der Waals surface area contributed by atoms with E-state index in [1.165, 1.54) is 4.90 Å². The number of guanidine groups is 1. The van der Waals surface area contributed by atoms with Crippen LogP contribution in [-0.2, 0) is 0 Å². The van der Waals surface area contributed by atoms with Crippen molar-refractivity contribution < 1.29 is 18.0 Å². The molecule has 0 aromatic heterocycles. The largest absolute Gasteiger partial charge is 0.401 e. The van der Waals surface area contributed by atoms with Crippen molar-refractivity contribution in [3.63, 3.8) is 0 Å². The molecule has 1 atom stereocenters. The molecule has 1 aliphatic heterocycles. The SMILES string of the molecule is CCNC(=NCCNC(=O)c1cccc(C)c1)NC1CCN(CC(F)(F)F)C1.I. The highest BCUT2D eigenvalue weighted by molar-refractivity contribution is 14.0. The molecule has 1 fully saturated rings. The van der Waals surface area contributed by atoms with E-state index in [2.05, 4.69) is 20.9 Å². The topological polar surface area (TPSA) is 68.8 Å². The van der Waals surface area contributed by atoms with Crippen LogP contribution in [0.3, 0.4) is 0 Å². The average Bonchev–Trinajstić information content (AvgIpc) is 3.03. The Labute approximate surface area is 186 Å². The number of nitrogens with one attached hydrogen (secondary N) is 3. The van der Waals surface area contributed by atoms with Gasteiger partial charge in [0.25, 0.3) is 5.91 Å². The van der Waals surface area contributed by atoms with Crippen LogP contribution >= 0.6 is 24.0 Å². The monoisotopic (exact) mass is 527 g/mol. The number of nitrogens with zero attached hydrogens (tertiary/aromatic N) is 2. The molecular weight excluding hydrogens is 498 g/mol. The predicted octanol–water partition coefficient (Wildman–Crippen LogP) is 2.53. The summed E-state index contributed by atoms with van der Waals surface area (Å²) in [5, 5.41) is 9.08. The van der Waals surface area contributed by atoms with Crippen LogP contribution in [-0.4, -0.2) is 68.3 Å². The Balaban J connectivity index is 0.00000420. The van der Waals surface area contributed by atoms with Gasteiger partial charge in [-0.05, 0) is 32.4 Å². The van der Waals surface area contributed by atoms with Gasteiger partial charge in [0.2, 0.25) is 0 Å². The molecular formula is C19H29F3IN5O. The minimum absolute atomic E-state index is 0. The number of carbonyl (C=O) groups is 1. The van der Waals surface area contributed by atoms with Crippen LogP contribution in [0.2, 0.25) is 0 Å². The van der Waals surface area contributed by atoms with Crippen molar-refractivity contribution in [1.82, 2.24) is 20.9 Å². The smallest absolute Gasteiger partial charge is 0.357 e. The molecule has 0 bridgehead atoms. The molecule has 164 valence electrons. The standard InChI is InChI=1S/C19H28F3N5O.HI/c1-3-23-18(26-16-7-10-27(12-16)13-19(20,21)22)25-9-8-24-17(28)15-6-4-5-14(2)11-15;/h4-6,11,16H,3,7-10,12-13H2,1-2H3,(H,24,28)(H2,23,25,26);1H. The molecule has 1 amide bonds. The molecule has 29 heavy (non-hydrogen) atoms. The van der Waals surface area contributed by atoms with E-state index in [9.17, 15) is 18.0 Å². The maximum absolute atomic E-state index is 12.5. The van der Waals surface area contributed by atoms with Crippen LogP contribution in [0.1, 0.15) is 29.3 Å². The molecule has 2 rings (SSSR count). The van der Waals surface area contributed by atoms with E-state index in [-0.39, 0.29) is 35.9 Å². The second kappa shape index (κ2) is 12.2. The minimum Gasteiger partial charge on any atom is -0.357 e. The molecule has 1 aliphatic rings. The summed E-state index contributed by atoms with van der Waals surface area (Å²) in [6.07, 6.45) is -3.55. The molecule has 1 unspecified atom stereocenters. The molecule has 1 aromatic rings. The summed E-state index contributed by atoms with van der Waals surface area (Å²) in [6, 6.07) is 7.25. The fourth-order valence-electron chi connectivity index (χ4n) is 3.09. The molecule has 0 spiro atoms. The number of likely N-dealkylation sites (tertiary alicyclic amines) is 1. The number of rotatable bonds is 7. The highest BCUT2D eigenvalue weighted by Gasteiger charge is 2.34. The van der Waals surface area contributed by atoms with Crippen LogP contribution in [0.5, 0.6) is 0 Å². The van der Waals surface area contributed by atoms with E-state index < -0.39 is 12.7 Å². The van der Waals surface area contributed by atoms with E-state index in [1.807, 2.05) is 32.0 Å². The van der Waals surface area contributed by atoms with Crippen LogP contribution < -0.4 is 16.0 Å². The minimum atomic E-state index is -4.18. The van der Waals surface area contributed by atoms with Crippen molar-refractivity contribution in [3.8, 4) is 0 Å². The third-order valence-corrected chi connectivity index (χ3v) is 4.31. The zero-order valence-corrected chi connectivity index (χ0v) is 19.0. The van der Waals surface area contributed by atoms with E-state index in [0.29, 0.717) is 50.7 Å². The van der Waals surface area contributed by atoms with Gasteiger partial charge in [0.15, 0.2) is 5.96 Å². The average molecular weight is 527 g/mol. The number of hydrogen-bond donors (Lipinski definition) is 3. The van der Waals surface area contributed by atoms with Crippen LogP contribution in [0, 0.1) is 6.92 Å². The first kappa shape index (κ1) is 25.5. The second-order valence-corrected chi connectivity index (χ2v) is 6.87. The quantitative estimate of drug-likeness (QED) is 0.221. The summed E-state index contributed by atoms with van der Waals surface area (Å²) < 4.78 is 37.5. The van der Waals surface area contributed by atoms with Crippen LogP contribution in [0.4, 0.5) is 13.2 Å². The van der Waals surface area contributed by atoms with Crippen molar-refractivity contribution in [2.24, 2.45) is 4.99 Å². The normalized spacial score (nSPS) is 17.6. The van der Waals surface area contributed by atoms with Crippen LogP contribution in [0.25, 0.3) is 0 Å². The van der Waals surface area contributed by atoms with Crippen molar-refractivity contribution in [3.05, 3.63) is 35.4 Å². The Kier molecular flexibility index (Phi) is 10.7. The summed E-state index contributed by atoms with van der Waals surface area (Å²) in [7, 11) is 0. The first-order valence-corrected chi connectivity index (χ1v) is 9.45. The molecule has 1 saturated heterocycles. The third-order valence-electron chi connectivity index (χ3n) is 4.31. The van der Waals surface area contributed by atoms with E-state index in [1.54, 1.807) is 6.07 Å². The number of aryl methyl sites for hydroxylation is 1. The Bertz CT molecular complexity index is 684. The van der Waals surface area contributed by atoms with Crippen LogP contribution in [0.15, 0.2) is 29.3 Å². The third kappa shape index (κ3) is 9.66. The van der Waals surface area contributed by atoms with Gasteiger partial charge >= 0.3 is 6.18 Å². The van der Waals surface area contributed by atoms with Gasteiger partial charge in [0, 0.05) is 37.8 Å². The van der Waals surface area contributed by atoms with E-state index in [4.69, 9.17) is 0 Å². The highest BCUT2D eigenvalue weighted by atomic mass is 127. The zero-order chi connectivity index (χ0) is 20.6. The maximum atomic E-state index is 12.5. The van der Waals surface area contributed by atoms with Gasteiger partial charge in [-0.25, -0.2) is 0 Å². The van der Waals surface area contributed by atoms with Gasteiger partial charge in [-0.3, -0.25) is 14.7 Å². The summed E-state index contributed by atoms with van der Waals surface area (Å²) in [5.74, 6) is 0.390. The Morgan fingerprint density at radius 1 is 1.31 bits per heavy atom. The fourth-order valence-corrected chi connectivity index (χ4v) is 3.09. The predicted molar refractivity (Wildman–Crippen MR) is 119 cm³/mol. The number of halogens is 4. The maximum Gasteiger partial charge on any atom is 0.401 e. The molecule has 0 radical (unpaired) electrons. The van der Waals surface area contributed by atoms with Gasteiger partial charge in [-0.1, -0.05) is 17.7 Å². The lowest BCUT2D eigenvalue weighted by atomic mass is 10.1. The first-order chi connectivity index (χ1) is 13.3. The summed E-state index contributed by atoms with van der Waals surface area (Å²) in [4.78, 5) is 17.9. The lowest BCUT2D eigenvalue weighted by Gasteiger charge is -2.19. The lowest BCUT2D eigenvalue weighted by Crippen LogP contribution is -2.45. The highest BCUT2D eigenvalue weighted by Crippen LogP contribution is 2.19.